The van der Waals surface area contributed by atoms with Gasteiger partial charge >= 0.3 is 0 Å². The average Bonchev–Trinajstić information content (AvgIpc) is 2.29. The predicted molar refractivity (Wildman–Crippen MR) is 59.4 cm³/mol. The first-order valence-electron chi connectivity index (χ1n) is 5.14. The highest BCUT2D eigenvalue weighted by molar-refractivity contribution is 5.88. The van der Waals surface area contributed by atoms with E-state index in [9.17, 15) is 9.59 Å². The van der Waals surface area contributed by atoms with E-state index in [1.54, 1.807) is 4.90 Å². The lowest BCUT2D eigenvalue weighted by molar-refractivity contribution is -0.142. The number of ether oxygens (including phenoxy) is 1. The number of carbonyl (C=O) groups excluding carboxylic acids is 2. The molecule has 0 aromatic carbocycles. The SMILES string of the molecule is Cl.O=C1CN(C(=O)C2COCCN2)CCN1. The van der Waals surface area contributed by atoms with Crippen molar-refractivity contribution >= 4 is 24.2 Å². The Morgan fingerprint density at radius 1 is 1.44 bits per heavy atom. The van der Waals surface area contributed by atoms with Gasteiger partial charge < -0.3 is 20.3 Å². The van der Waals surface area contributed by atoms with E-state index in [1.807, 2.05) is 0 Å². The first kappa shape index (κ1) is 13.2. The molecule has 0 spiro atoms. The number of hydrogen-bond donors (Lipinski definition) is 2. The molecule has 0 radical (unpaired) electrons. The van der Waals surface area contributed by atoms with E-state index in [0.717, 1.165) is 0 Å². The van der Waals surface area contributed by atoms with E-state index in [2.05, 4.69) is 10.6 Å². The van der Waals surface area contributed by atoms with Crippen LogP contribution in [0.2, 0.25) is 0 Å². The molecular weight excluding hydrogens is 234 g/mol. The van der Waals surface area contributed by atoms with Crippen LogP contribution in [0.4, 0.5) is 0 Å². The van der Waals surface area contributed by atoms with Crippen LogP contribution in [0, 0.1) is 0 Å². The van der Waals surface area contributed by atoms with Gasteiger partial charge in [-0.15, -0.1) is 12.4 Å². The molecule has 2 fully saturated rings. The van der Waals surface area contributed by atoms with Crippen LogP contribution in [0.15, 0.2) is 0 Å². The van der Waals surface area contributed by atoms with E-state index >= 15 is 0 Å². The molecule has 0 aliphatic carbocycles. The Labute approximate surface area is 100 Å². The number of hydrogen-bond acceptors (Lipinski definition) is 4. The molecule has 7 heteroatoms. The summed E-state index contributed by atoms with van der Waals surface area (Å²) in [5.41, 5.74) is 0. The molecule has 1 atom stereocenters. The molecule has 0 aromatic heterocycles. The van der Waals surface area contributed by atoms with Crippen molar-refractivity contribution in [3.63, 3.8) is 0 Å². The van der Waals surface area contributed by atoms with Crippen LogP contribution >= 0.6 is 12.4 Å². The van der Waals surface area contributed by atoms with Gasteiger partial charge in [0.05, 0.1) is 19.8 Å². The second kappa shape index (κ2) is 6.03. The van der Waals surface area contributed by atoms with Gasteiger partial charge in [0.25, 0.3) is 0 Å². The van der Waals surface area contributed by atoms with Gasteiger partial charge in [0, 0.05) is 19.6 Å². The Morgan fingerprint density at radius 3 is 2.88 bits per heavy atom. The number of morpholine rings is 1. The normalized spacial score (nSPS) is 25.6. The Morgan fingerprint density at radius 2 is 2.25 bits per heavy atom. The second-order valence-corrected chi connectivity index (χ2v) is 3.69. The van der Waals surface area contributed by atoms with Crippen LogP contribution in [-0.2, 0) is 14.3 Å². The number of amides is 2. The van der Waals surface area contributed by atoms with Crippen molar-refractivity contribution in [1.82, 2.24) is 15.5 Å². The molecule has 2 aliphatic rings. The number of rotatable bonds is 1. The molecule has 2 rings (SSSR count). The first-order chi connectivity index (χ1) is 7.27. The third-order valence-corrected chi connectivity index (χ3v) is 2.57. The summed E-state index contributed by atoms with van der Waals surface area (Å²) in [5.74, 6) is -0.129. The highest BCUT2D eigenvalue weighted by Crippen LogP contribution is 2.01. The van der Waals surface area contributed by atoms with Crippen LogP contribution < -0.4 is 10.6 Å². The lowest BCUT2D eigenvalue weighted by atomic mass is 10.2. The minimum absolute atomic E-state index is 0. The van der Waals surface area contributed by atoms with Crippen LogP contribution in [0.1, 0.15) is 0 Å². The molecule has 2 saturated heterocycles. The van der Waals surface area contributed by atoms with Crippen molar-refractivity contribution in [3.05, 3.63) is 0 Å². The fourth-order valence-electron chi connectivity index (χ4n) is 1.77. The first-order valence-corrected chi connectivity index (χ1v) is 5.14. The summed E-state index contributed by atoms with van der Waals surface area (Å²) in [4.78, 5) is 24.6. The highest BCUT2D eigenvalue weighted by Gasteiger charge is 2.28. The van der Waals surface area contributed by atoms with Gasteiger partial charge in [-0.05, 0) is 0 Å². The third-order valence-electron chi connectivity index (χ3n) is 2.57. The molecular formula is C9H16ClN3O3. The molecule has 2 heterocycles. The van der Waals surface area contributed by atoms with Gasteiger partial charge in [-0.25, -0.2) is 0 Å². The monoisotopic (exact) mass is 249 g/mol. The zero-order valence-electron chi connectivity index (χ0n) is 8.90. The predicted octanol–water partition coefficient (Wildman–Crippen LogP) is -1.64. The third kappa shape index (κ3) is 3.07. The maximum absolute atomic E-state index is 11.9. The molecule has 16 heavy (non-hydrogen) atoms. The summed E-state index contributed by atoms with van der Waals surface area (Å²) in [6, 6.07) is -0.287. The van der Waals surface area contributed by atoms with Crippen molar-refractivity contribution in [2.75, 3.05) is 39.4 Å². The summed E-state index contributed by atoms with van der Waals surface area (Å²) in [6.07, 6.45) is 0. The lowest BCUT2D eigenvalue weighted by Gasteiger charge is -2.32. The molecule has 6 nitrogen and oxygen atoms in total. The minimum atomic E-state index is -0.287. The molecule has 92 valence electrons. The van der Waals surface area contributed by atoms with E-state index in [4.69, 9.17) is 4.74 Å². The fraction of sp³-hybridized carbons (Fsp3) is 0.778. The highest BCUT2D eigenvalue weighted by atomic mass is 35.5. The molecule has 2 amide bonds. The molecule has 2 N–H and O–H groups in total. The Bertz CT molecular complexity index is 269. The molecule has 0 saturated carbocycles. The van der Waals surface area contributed by atoms with Crippen molar-refractivity contribution in [2.45, 2.75) is 6.04 Å². The Balaban J connectivity index is 0.00000128. The fourth-order valence-corrected chi connectivity index (χ4v) is 1.77. The quantitative estimate of drug-likeness (QED) is 0.585. The number of halogens is 1. The Kier molecular flexibility index (Phi) is 4.98. The van der Waals surface area contributed by atoms with Crippen LogP contribution in [0.25, 0.3) is 0 Å². The standard InChI is InChI=1S/C9H15N3O3.ClH/c13-8-5-12(3-1-11-8)9(14)7-6-15-4-2-10-7;/h7,10H,1-6H2,(H,11,13);1H. The lowest BCUT2D eigenvalue weighted by Crippen LogP contribution is -2.57. The number of nitrogens with one attached hydrogen (secondary N) is 2. The van der Waals surface area contributed by atoms with E-state index in [0.29, 0.717) is 32.8 Å². The van der Waals surface area contributed by atoms with Gasteiger partial charge in [-0.2, -0.15) is 0 Å². The molecule has 1 unspecified atom stereocenters. The molecule has 2 aliphatic heterocycles. The smallest absolute Gasteiger partial charge is 0.242 e. The van der Waals surface area contributed by atoms with Gasteiger partial charge in [0.15, 0.2) is 0 Å². The van der Waals surface area contributed by atoms with E-state index < -0.39 is 0 Å². The van der Waals surface area contributed by atoms with Gasteiger partial charge in [-0.1, -0.05) is 0 Å². The zero-order valence-corrected chi connectivity index (χ0v) is 9.72. The van der Waals surface area contributed by atoms with Crippen molar-refractivity contribution < 1.29 is 14.3 Å². The topological polar surface area (TPSA) is 70.7 Å². The molecule has 0 bridgehead atoms. The van der Waals surface area contributed by atoms with Crippen LogP contribution in [-0.4, -0.2) is 62.1 Å². The van der Waals surface area contributed by atoms with Crippen LogP contribution in [0.5, 0.6) is 0 Å². The van der Waals surface area contributed by atoms with Crippen molar-refractivity contribution in [2.24, 2.45) is 0 Å². The zero-order chi connectivity index (χ0) is 10.7. The molecule has 0 aromatic rings. The van der Waals surface area contributed by atoms with Crippen LogP contribution in [0.3, 0.4) is 0 Å². The van der Waals surface area contributed by atoms with Crippen molar-refractivity contribution in [1.29, 1.82) is 0 Å². The maximum Gasteiger partial charge on any atom is 0.242 e. The summed E-state index contributed by atoms with van der Waals surface area (Å²) in [7, 11) is 0. The largest absolute Gasteiger partial charge is 0.378 e. The van der Waals surface area contributed by atoms with Crippen molar-refractivity contribution in [3.8, 4) is 0 Å². The Hall–Kier alpha value is -0.850. The number of nitrogens with zero attached hydrogens (tertiary/aromatic N) is 1. The number of carbonyl (C=O) groups is 2. The number of piperazine rings is 1. The summed E-state index contributed by atoms with van der Waals surface area (Å²) < 4.78 is 5.21. The van der Waals surface area contributed by atoms with Gasteiger partial charge in [0.1, 0.15) is 6.04 Å². The average molecular weight is 250 g/mol. The maximum atomic E-state index is 11.9. The van der Waals surface area contributed by atoms with E-state index in [1.165, 1.54) is 0 Å². The van der Waals surface area contributed by atoms with Gasteiger partial charge in [-0.3, -0.25) is 9.59 Å². The van der Waals surface area contributed by atoms with E-state index in [-0.39, 0.29) is 36.8 Å². The summed E-state index contributed by atoms with van der Waals surface area (Å²) >= 11 is 0. The summed E-state index contributed by atoms with van der Waals surface area (Å²) in [6.45, 7) is 3.02. The minimum Gasteiger partial charge on any atom is -0.378 e. The second-order valence-electron chi connectivity index (χ2n) is 3.69. The van der Waals surface area contributed by atoms with Gasteiger partial charge in [0.2, 0.25) is 11.8 Å². The summed E-state index contributed by atoms with van der Waals surface area (Å²) in [5, 5.41) is 5.77.